The Hall–Kier alpha value is -4.10. The lowest BCUT2D eigenvalue weighted by atomic mass is 10.1. The zero-order chi connectivity index (χ0) is 31.6. The summed E-state index contributed by atoms with van der Waals surface area (Å²) in [6, 6.07) is 20.9. The number of carbonyl (C=O) groups is 1. The molecule has 0 spiro atoms. The zero-order valence-corrected chi connectivity index (χ0v) is 25.7. The number of aromatic nitrogens is 4. The van der Waals surface area contributed by atoms with Crippen LogP contribution in [0.25, 0.3) is 21.9 Å². The second-order valence-corrected chi connectivity index (χ2v) is 12.5. The van der Waals surface area contributed by atoms with Crippen molar-refractivity contribution in [3.05, 3.63) is 90.0 Å². The molecular formula is C30H30ClN6O7P. The number of aliphatic hydroxyl groups is 1. The molecule has 1 aliphatic rings. The first kappa shape index (κ1) is 30.9. The lowest BCUT2D eigenvalue weighted by molar-refractivity contribution is -0.146. The molecule has 5 aromatic rings. The Morgan fingerprint density at radius 1 is 1.16 bits per heavy atom. The SMILES string of the molecule is C[C@H](NP(=O)(OC[C@@H]1C[C@@H](O)[C@H](n2cnc3c(N)nc(Cl)nc32)O1)Oc1cccc2ccccc12)C(=O)OCc1ccccc1. The number of hydrogen-bond donors (Lipinski definition) is 3. The molecule has 0 saturated carbocycles. The van der Waals surface area contributed by atoms with Crippen molar-refractivity contribution < 1.29 is 33.0 Å². The number of benzene rings is 3. The first-order valence-electron chi connectivity index (χ1n) is 14.1. The summed E-state index contributed by atoms with van der Waals surface area (Å²) in [4.78, 5) is 25.2. The summed E-state index contributed by atoms with van der Waals surface area (Å²) in [5.41, 5.74) is 7.31. The van der Waals surface area contributed by atoms with Crippen LogP contribution in [0.1, 0.15) is 25.1 Å². The van der Waals surface area contributed by atoms with E-state index in [1.807, 2.05) is 60.7 Å². The molecule has 0 radical (unpaired) electrons. The highest BCUT2D eigenvalue weighted by molar-refractivity contribution is 7.52. The number of nitrogens with one attached hydrogen (secondary N) is 1. The Labute approximate surface area is 262 Å². The standard InChI is InChI=1S/C30H30ClN6O7P/c1-18(29(39)41-15-19-8-3-2-4-9-19)36-45(40,44-24-13-7-11-20-10-5-6-12-22(20)24)42-16-21-14-23(38)28(43-21)37-17-33-25-26(32)34-30(31)35-27(25)37/h2-13,17-18,21,23,28,38H,14-16H2,1H3,(H,36,40)(H2,32,34,35)/t18-,21-,23+,28+,45?/m0/s1. The van der Waals surface area contributed by atoms with E-state index >= 15 is 0 Å². The van der Waals surface area contributed by atoms with Crippen LogP contribution in [0.15, 0.2) is 79.1 Å². The van der Waals surface area contributed by atoms with E-state index in [0.29, 0.717) is 10.9 Å². The van der Waals surface area contributed by atoms with Crippen LogP contribution in [0.3, 0.4) is 0 Å². The molecule has 234 valence electrons. The third kappa shape index (κ3) is 6.94. The predicted octanol–water partition coefficient (Wildman–Crippen LogP) is 4.79. The van der Waals surface area contributed by atoms with Crippen molar-refractivity contribution in [2.75, 3.05) is 12.3 Å². The van der Waals surface area contributed by atoms with E-state index < -0.39 is 38.2 Å². The number of nitrogens with two attached hydrogens (primary N) is 1. The van der Waals surface area contributed by atoms with E-state index in [1.54, 1.807) is 12.1 Å². The van der Waals surface area contributed by atoms with Gasteiger partial charge in [-0.3, -0.25) is 13.9 Å². The number of fused-ring (bicyclic) bond motifs is 2. The van der Waals surface area contributed by atoms with Crippen LogP contribution in [0.5, 0.6) is 5.75 Å². The number of carbonyl (C=O) groups excluding carboxylic acids is 1. The molecule has 2 aromatic heterocycles. The summed E-state index contributed by atoms with van der Waals surface area (Å²) in [6.07, 6.45) is -1.08. The van der Waals surface area contributed by atoms with Gasteiger partial charge in [-0.2, -0.15) is 15.1 Å². The van der Waals surface area contributed by atoms with Gasteiger partial charge >= 0.3 is 13.7 Å². The summed E-state index contributed by atoms with van der Waals surface area (Å²) >= 11 is 5.99. The van der Waals surface area contributed by atoms with Gasteiger partial charge in [0.05, 0.1) is 19.0 Å². The maximum atomic E-state index is 14.3. The Kier molecular flexibility index (Phi) is 8.99. The molecule has 13 nitrogen and oxygen atoms in total. The number of halogens is 1. The molecule has 5 atom stereocenters. The molecule has 45 heavy (non-hydrogen) atoms. The summed E-state index contributed by atoms with van der Waals surface area (Å²) in [5.74, 6) is -0.271. The summed E-state index contributed by atoms with van der Waals surface area (Å²) in [7, 11) is -4.24. The van der Waals surface area contributed by atoms with E-state index in [0.717, 1.165) is 10.9 Å². The number of esters is 1. The van der Waals surface area contributed by atoms with E-state index in [9.17, 15) is 14.5 Å². The summed E-state index contributed by atoms with van der Waals surface area (Å²) in [6.45, 7) is 1.30. The quantitative estimate of drug-likeness (QED) is 0.101. The molecule has 0 bridgehead atoms. The largest absolute Gasteiger partial charge is 0.460 e. The fraction of sp³-hybridized carbons (Fsp3) is 0.267. The van der Waals surface area contributed by atoms with Gasteiger partial charge < -0.3 is 24.8 Å². The highest BCUT2D eigenvalue weighted by Crippen LogP contribution is 2.47. The lowest BCUT2D eigenvalue weighted by Gasteiger charge is -2.24. The smallest absolute Gasteiger partial charge is 0.459 e. The third-order valence-corrected chi connectivity index (χ3v) is 8.99. The normalized spacial score (nSPS) is 20.2. The van der Waals surface area contributed by atoms with Crippen LogP contribution in [0, 0.1) is 0 Å². The minimum absolute atomic E-state index is 0.0426. The highest BCUT2D eigenvalue weighted by atomic mass is 35.5. The zero-order valence-electron chi connectivity index (χ0n) is 24.0. The minimum Gasteiger partial charge on any atom is -0.460 e. The monoisotopic (exact) mass is 652 g/mol. The molecular weight excluding hydrogens is 623 g/mol. The average molecular weight is 653 g/mol. The van der Waals surface area contributed by atoms with Crippen LogP contribution in [0.4, 0.5) is 5.82 Å². The molecule has 3 aromatic carbocycles. The summed E-state index contributed by atoms with van der Waals surface area (Å²) < 4.78 is 39.1. The van der Waals surface area contributed by atoms with Crippen LogP contribution in [0.2, 0.25) is 5.28 Å². The fourth-order valence-electron chi connectivity index (χ4n) is 5.00. The third-order valence-electron chi connectivity index (χ3n) is 7.19. The van der Waals surface area contributed by atoms with Crippen LogP contribution in [-0.2, 0) is 30.0 Å². The molecule has 0 aliphatic carbocycles. The van der Waals surface area contributed by atoms with E-state index in [4.69, 9.17) is 35.9 Å². The molecule has 15 heteroatoms. The van der Waals surface area contributed by atoms with Crippen molar-refractivity contribution in [3.8, 4) is 5.75 Å². The Morgan fingerprint density at radius 2 is 1.91 bits per heavy atom. The molecule has 4 N–H and O–H groups in total. The second kappa shape index (κ2) is 13.1. The first-order valence-corrected chi connectivity index (χ1v) is 16.0. The molecule has 6 rings (SSSR count). The molecule has 1 unspecified atom stereocenters. The van der Waals surface area contributed by atoms with Gasteiger partial charge in [0, 0.05) is 11.8 Å². The van der Waals surface area contributed by atoms with Crippen molar-refractivity contribution >= 4 is 53.1 Å². The van der Waals surface area contributed by atoms with Gasteiger partial charge in [0.1, 0.15) is 30.0 Å². The van der Waals surface area contributed by atoms with Crippen LogP contribution >= 0.6 is 19.3 Å². The number of hydrogen-bond acceptors (Lipinski definition) is 11. The van der Waals surface area contributed by atoms with Gasteiger partial charge in [-0.05, 0) is 35.5 Å². The Balaban J connectivity index is 1.19. The maximum Gasteiger partial charge on any atom is 0.459 e. The number of nitrogens with zero attached hydrogens (tertiary/aromatic N) is 4. The van der Waals surface area contributed by atoms with E-state index in [2.05, 4.69) is 20.0 Å². The van der Waals surface area contributed by atoms with Crippen molar-refractivity contribution in [2.45, 2.75) is 44.4 Å². The van der Waals surface area contributed by atoms with Gasteiger partial charge in [0.15, 0.2) is 17.7 Å². The summed E-state index contributed by atoms with van der Waals surface area (Å²) in [5, 5.41) is 15.1. The topological polar surface area (TPSA) is 173 Å². The van der Waals surface area contributed by atoms with Gasteiger partial charge in [-0.1, -0.05) is 66.7 Å². The number of imidazole rings is 1. The first-order chi connectivity index (χ1) is 21.7. The highest BCUT2D eigenvalue weighted by Gasteiger charge is 2.40. The van der Waals surface area contributed by atoms with Crippen molar-refractivity contribution in [1.29, 1.82) is 0 Å². The molecule has 1 fully saturated rings. The van der Waals surface area contributed by atoms with Crippen molar-refractivity contribution in [1.82, 2.24) is 24.6 Å². The number of aliphatic hydroxyl groups excluding tert-OH is 1. The molecule has 3 heterocycles. The fourth-order valence-corrected chi connectivity index (χ4v) is 6.72. The lowest BCUT2D eigenvalue weighted by Crippen LogP contribution is -2.35. The number of nitrogen functional groups attached to an aromatic ring is 1. The van der Waals surface area contributed by atoms with Crippen LogP contribution < -0.4 is 15.3 Å². The van der Waals surface area contributed by atoms with E-state index in [1.165, 1.54) is 17.8 Å². The van der Waals surface area contributed by atoms with Crippen molar-refractivity contribution in [3.63, 3.8) is 0 Å². The van der Waals surface area contributed by atoms with Crippen LogP contribution in [-0.4, -0.2) is 55.5 Å². The molecule has 1 aliphatic heterocycles. The molecule has 0 amide bonds. The molecule has 1 saturated heterocycles. The Bertz CT molecular complexity index is 1870. The van der Waals surface area contributed by atoms with E-state index in [-0.39, 0.29) is 42.1 Å². The van der Waals surface area contributed by atoms with Gasteiger partial charge in [-0.25, -0.2) is 9.55 Å². The number of ether oxygens (including phenoxy) is 2. The van der Waals surface area contributed by atoms with Crippen molar-refractivity contribution in [2.24, 2.45) is 0 Å². The van der Waals surface area contributed by atoms with Gasteiger partial charge in [0.2, 0.25) is 5.28 Å². The maximum absolute atomic E-state index is 14.3. The number of rotatable bonds is 11. The second-order valence-electron chi connectivity index (χ2n) is 10.5. The average Bonchev–Trinajstić information content (AvgIpc) is 3.62. The number of anilines is 1. The minimum atomic E-state index is -4.24. The van der Waals surface area contributed by atoms with Gasteiger partial charge in [0.25, 0.3) is 0 Å². The van der Waals surface area contributed by atoms with Gasteiger partial charge in [-0.15, -0.1) is 0 Å². The predicted molar refractivity (Wildman–Crippen MR) is 166 cm³/mol. The Morgan fingerprint density at radius 3 is 2.73 bits per heavy atom.